The van der Waals surface area contributed by atoms with Gasteiger partial charge in [-0.15, -0.1) is 0 Å². The summed E-state index contributed by atoms with van der Waals surface area (Å²) in [6, 6.07) is 6.17. The van der Waals surface area contributed by atoms with Crippen molar-refractivity contribution in [2.75, 3.05) is 23.9 Å². The minimum absolute atomic E-state index is 0.112. The van der Waals surface area contributed by atoms with Crippen LogP contribution in [0, 0.1) is 0 Å². The van der Waals surface area contributed by atoms with Gasteiger partial charge < -0.3 is 9.84 Å². The van der Waals surface area contributed by atoms with Gasteiger partial charge in [-0.2, -0.15) is 12.7 Å². The predicted molar refractivity (Wildman–Crippen MR) is 81.6 cm³/mol. The summed E-state index contributed by atoms with van der Waals surface area (Å²) in [6.07, 6.45) is -0.246. The summed E-state index contributed by atoms with van der Waals surface area (Å²) in [5, 5.41) is 9.34. The molecule has 1 fully saturated rings. The summed E-state index contributed by atoms with van der Waals surface area (Å²) in [5.41, 5.74) is 0.544. The van der Waals surface area contributed by atoms with E-state index in [2.05, 4.69) is 0 Å². The molecule has 2 rings (SSSR count). The number of morpholine rings is 1. The number of hydrogen-bond acceptors (Lipinski definition) is 4. The first-order chi connectivity index (χ1) is 9.84. The van der Waals surface area contributed by atoms with Crippen molar-refractivity contribution < 1.29 is 18.3 Å². The van der Waals surface area contributed by atoms with Gasteiger partial charge in [0.1, 0.15) is 5.75 Å². The molecule has 1 aliphatic heterocycles. The van der Waals surface area contributed by atoms with E-state index in [0.29, 0.717) is 25.3 Å². The highest BCUT2D eigenvalue weighted by Crippen LogP contribution is 2.24. The maximum atomic E-state index is 12.8. The first-order valence-electron chi connectivity index (χ1n) is 7.07. The Balaban J connectivity index is 2.29. The number of anilines is 1. The lowest BCUT2D eigenvalue weighted by Gasteiger charge is -2.37. The molecular weight excluding hydrogens is 292 g/mol. The maximum absolute atomic E-state index is 12.8. The van der Waals surface area contributed by atoms with E-state index < -0.39 is 10.2 Å². The molecule has 0 saturated carbocycles. The Bertz CT molecular complexity index is 563. The van der Waals surface area contributed by atoms with Gasteiger partial charge in [0.05, 0.1) is 17.9 Å². The monoisotopic (exact) mass is 314 g/mol. The van der Waals surface area contributed by atoms with Crippen LogP contribution in [0.15, 0.2) is 24.3 Å². The largest absolute Gasteiger partial charge is 0.508 e. The smallest absolute Gasteiger partial charge is 0.304 e. The normalized spacial score (nSPS) is 24.0. The van der Waals surface area contributed by atoms with E-state index in [1.165, 1.54) is 20.7 Å². The maximum Gasteiger partial charge on any atom is 0.304 e. The van der Waals surface area contributed by atoms with Crippen LogP contribution in [-0.2, 0) is 14.9 Å². The molecule has 118 valence electrons. The van der Waals surface area contributed by atoms with Gasteiger partial charge in [-0.1, -0.05) is 0 Å². The average Bonchev–Trinajstić information content (AvgIpc) is 2.40. The van der Waals surface area contributed by atoms with E-state index in [9.17, 15) is 13.5 Å². The van der Waals surface area contributed by atoms with Crippen LogP contribution in [0.25, 0.3) is 0 Å². The molecule has 0 aliphatic carbocycles. The van der Waals surface area contributed by atoms with Crippen molar-refractivity contribution in [3.8, 4) is 5.75 Å². The molecule has 1 aromatic carbocycles. The second kappa shape index (κ2) is 6.21. The van der Waals surface area contributed by atoms with Crippen molar-refractivity contribution in [3.05, 3.63) is 24.3 Å². The van der Waals surface area contributed by atoms with Gasteiger partial charge in [0.2, 0.25) is 0 Å². The molecule has 2 atom stereocenters. The lowest BCUT2D eigenvalue weighted by Crippen LogP contribution is -2.53. The second-order valence-corrected chi connectivity index (χ2v) is 7.12. The lowest BCUT2D eigenvalue weighted by molar-refractivity contribution is -0.0441. The Labute approximate surface area is 126 Å². The number of benzene rings is 1. The van der Waals surface area contributed by atoms with Crippen LogP contribution in [0.2, 0.25) is 0 Å². The quantitative estimate of drug-likeness (QED) is 0.916. The Kier molecular flexibility index (Phi) is 4.75. The third-order valence-electron chi connectivity index (χ3n) is 3.42. The van der Waals surface area contributed by atoms with E-state index in [0.717, 1.165) is 0 Å². The Morgan fingerprint density at radius 1 is 1.24 bits per heavy atom. The lowest BCUT2D eigenvalue weighted by atomic mass is 10.3. The number of nitrogens with zero attached hydrogens (tertiary/aromatic N) is 2. The van der Waals surface area contributed by atoms with Crippen molar-refractivity contribution in [1.82, 2.24) is 4.31 Å². The molecule has 0 unspecified atom stereocenters. The molecule has 0 spiro atoms. The molecule has 1 aliphatic rings. The fourth-order valence-corrected chi connectivity index (χ4v) is 4.35. The molecule has 7 heteroatoms. The summed E-state index contributed by atoms with van der Waals surface area (Å²) in [4.78, 5) is 0. The fourth-order valence-electron chi connectivity index (χ4n) is 2.56. The number of aromatic hydroxyl groups is 1. The van der Waals surface area contributed by atoms with E-state index in [1.54, 1.807) is 19.1 Å². The fraction of sp³-hybridized carbons (Fsp3) is 0.571. The van der Waals surface area contributed by atoms with Crippen molar-refractivity contribution in [1.29, 1.82) is 0 Å². The van der Waals surface area contributed by atoms with E-state index in [4.69, 9.17) is 4.74 Å². The zero-order valence-electron chi connectivity index (χ0n) is 12.6. The van der Waals surface area contributed by atoms with Crippen LogP contribution in [0.4, 0.5) is 5.69 Å². The summed E-state index contributed by atoms with van der Waals surface area (Å²) in [6.45, 7) is 6.55. The van der Waals surface area contributed by atoms with Gasteiger partial charge in [0, 0.05) is 19.6 Å². The SMILES string of the molecule is CCN(c1ccc(O)cc1)S(=O)(=O)N1C[C@H](C)O[C@@H](C)C1. The molecule has 6 nitrogen and oxygen atoms in total. The second-order valence-electron chi connectivity index (χ2n) is 5.26. The van der Waals surface area contributed by atoms with Crippen LogP contribution in [0.5, 0.6) is 5.75 Å². The zero-order chi connectivity index (χ0) is 15.6. The Hall–Kier alpha value is -1.31. The summed E-state index contributed by atoms with van der Waals surface area (Å²) in [7, 11) is -3.60. The molecule has 0 amide bonds. The number of ether oxygens (including phenoxy) is 1. The molecule has 1 aromatic rings. The van der Waals surface area contributed by atoms with E-state index in [1.807, 2.05) is 13.8 Å². The van der Waals surface area contributed by atoms with Crippen molar-refractivity contribution in [2.24, 2.45) is 0 Å². The molecule has 21 heavy (non-hydrogen) atoms. The Morgan fingerprint density at radius 2 is 1.76 bits per heavy atom. The minimum atomic E-state index is -3.60. The van der Waals surface area contributed by atoms with Gasteiger partial charge in [0.15, 0.2) is 0 Å². The van der Waals surface area contributed by atoms with Crippen molar-refractivity contribution in [3.63, 3.8) is 0 Å². The van der Waals surface area contributed by atoms with Gasteiger partial charge in [-0.25, -0.2) is 0 Å². The highest BCUT2D eigenvalue weighted by molar-refractivity contribution is 7.90. The summed E-state index contributed by atoms with van der Waals surface area (Å²) >= 11 is 0. The minimum Gasteiger partial charge on any atom is -0.508 e. The van der Waals surface area contributed by atoms with Gasteiger partial charge in [-0.3, -0.25) is 4.31 Å². The molecule has 0 radical (unpaired) electrons. The number of hydrogen-bond donors (Lipinski definition) is 1. The summed E-state index contributed by atoms with van der Waals surface area (Å²) < 4.78 is 34.0. The van der Waals surface area contributed by atoms with Crippen LogP contribution in [0.3, 0.4) is 0 Å². The number of phenolic OH excluding ortho intramolecular Hbond substituents is 1. The topological polar surface area (TPSA) is 70.1 Å². The van der Waals surface area contributed by atoms with Gasteiger partial charge >= 0.3 is 10.2 Å². The number of phenols is 1. The average molecular weight is 314 g/mol. The van der Waals surface area contributed by atoms with Crippen molar-refractivity contribution in [2.45, 2.75) is 33.0 Å². The van der Waals surface area contributed by atoms with Gasteiger partial charge in [0.25, 0.3) is 0 Å². The van der Waals surface area contributed by atoms with Crippen LogP contribution < -0.4 is 4.31 Å². The number of rotatable bonds is 4. The van der Waals surface area contributed by atoms with E-state index in [-0.39, 0.29) is 18.0 Å². The van der Waals surface area contributed by atoms with Crippen LogP contribution in [0.1, 0.15) is 20.8 Å². The summed E-state index contributed by atoms with van der Waals surface area (Å²) in [5.74, 6) is 0.112. The molecule has 0 aromatic heterocycles. The predicted octanol–water partition coefficient (Wildman–Crippen LogP) is 1.57. The highest BCUT2D eigenvalue weighted by Gasteiger charge is 2.34. The van der Waals surface area contributed by atoms with Crippen LogP contribution >= 0.6 is 0 Å². The van der Waals surface area contributed by atoms with Crippen molar-refractivity contribution >= 4 is 15.9 Å². The zero-order valence-corrected chi connectivity index (χ0v) is 13.4. The third kappa shape index (κ3) is 3.48. The third-order valence-corrected chi connectivity index (χ3v) is 5.39. The Morgan fingerprint density at radius 3 is 2.24 bits per heavy atom. The molecule has 1 heterocycles. The first-order valence-corrected chi connectivity index (χ1v) is 8.46. The highest BCUT2D eigenvalue weighted by atomic mass is 32.2. The van der Waals surface area contributed by atoms with E-state index >= 15 is 0 Å². The van der Waals surface area contributed by atoms with Gasteiger partial charge in [-0.05, 0) is 45.0 Å². The molecule has 1 saturated heterocycles. The molecule has 1 N–H and O–H groups in total. The standard InChI is InChI=1S/C14H22N2O4S/c1-4-16(13-5-7-14(17)8-6-13)21(18,19)15-9-11(2)20-12(3)10-15/h5-8,11-12,17H,4,9-10H2,1-3H3/t11-,12-/m0/s1. The van der Waals surface area contributed by atoms with Crippen LogP contribution in [-0.4, -0.2) is 49.7 Å². The molecule has 0 bridgehead atoms. The molecular formula is C14H22N2O4S. The first kappa shape index (κ1) is 16.1.